The quantitative estimate of drug-likeness (QED) is 0.0365. The third-order valence-electron chi connectivity index (χ3n) is 10.2. The van der Waals surface area contributed by atoms with Crippen molar-refractivity contribution in [3.05, 3.63) is 97.1 Å². The van der Waals surface area contributed by atoms with Crippen molar-refractivity contribution < 1.29 is 26.3 Å². The Morgan fingerprint density at radius 2 is 0.617 bits per heavy atom. The molecule has 0 spiro atoms. The summed E-state index contributed by atoms with van der Waals surface area (Å²) in [4.78, 5) is 0.666. The minimum Gasteiger partial charge on any atom is -0.494 e. The molecule has 60 heavy (non-hydrogen) atoms. The monoisotopic (exact) mass is 858 g/mol. The number of ether oxygens (including phenoxy) is 2. The SMILES string of the molecule is CCCCCCCCS(=O)(=O)c1ccc(N=Nc2ccc(OCCCCCCCCOc3ccc(N=Nc4ccc(S(=O)(=O)CCCCCCCC)cc4)cc3)cc2)cc1. The maximum Gasteiger partial charge on any atom is 0.178 e. The van der Waals surface area contributed by atoms with Crippen LogP contribution in [0.3, 0.4) is 0 Å². The lowest BCUT2D eigenvalue weighted by atomic mass is 10.1. The molecule has 0 saturated heterocycles. The highest BCUT2D eigenvalue weighted by atomic mass is 32.2. The molecule has 0 bridgehead atoms. The van der Waals surface area contributed by atoms with Crippen molar-refractivity contribution in [1.82, 2.24) is 0 Å². The van der Waals surface area contributed by atoms with Gasteiger partial charge >= 0.3 is 0 Å². The van der Waals surface area contributed by atoms with Crippen LogP contribution in [0.1, 0.15) is 129 Å². The average molecular weight is 859 g/mol. The molecule has 0 aromatic heterocycles. The molecule has 12 heteroatoms. The number of azo groups is 2. The van der Waals surface area contributed by atoms with Gasteiger partial charge in [0.2, 0.25) is 0 Å². The summed E-state index contributed by atoms with van der Waals surface area (Å²) in [6.45, 7) is 5.66. The van der Waals surface area contributed by atoms with Gasteiger partial charge in [-0.3, -0.25) is 0 Å². The van der Waals surface area contributed by atoms with Gasteiger partial charge in [0.05, 0.1) is 57.3 Å². The topological polar surface area (TPSA) is 136 Å². The van der Waals surface area contributed by atoms with Gasteiger partial charge in [0.25, 0.3) is 0 Å². The lowest BCUT2D eigenvalue weighted by Crippen LogP contribution is -2.06. The maximum absolute atomic E-state index is 12.7. The molecule has 0 heterocycles. The summed E-state index contributed by atoms with van der Waals surface area (Å²) >= 11 is 0. The van der Waals surface area contributed by atoms with E-state index in [0.717, 1.165) is 75.7 Å². The largest absolute Gasteiger partial charge is 0.494 e. The summed E-state index contributed by atoms with van der Waals surface area (Å²) in [5.74, 6) is 1.94. The van der Waals surface area contributed by atoms with E-state index in [-0.39, 0.29) is 11.5 Å². The van der Waals surface area contributed by atoms with Crippen LogP contribution in [0.2, 0.25) is 0 Å². The van der Waals surface area contributed by atoms with Crippen molar-refractivity contribution in [2.24, 2.45) is 20.5 Å². The second-order valence-electron chi connectivity index (χ2n) is 15.4. The summed E-state index contributed by atoms with van der Waals surface area (Å²) in [7, 11) is -6.57. The van der Waals surface area contributed by atoms with Gasteiger partial charge in [0, 0.05) is 0 Å². The van der Waals surface area contributed by atoms with Gasteiger partial charge in [-0.2, -0.15) is 20.5 Å². The third kappa shape index (κ3) is 18.9. The van der Waals surface area contributed by atoms with Gasteiger partial charge in [-0.05, 0) is 123 Å². The lowest BCUT2D eigenvalue weighted by molar-refractivity contribution is 0.297. The number of benzene rings is 4. The zero-order valence-corrected chi connectivity index (χ0v) is 37.5. The van der Waals surface area contributed by atoms with Gasteiger partial charge in [-0.1, -0.05) is 104 Å². The Kier molecular flexibility index (Phi) is 22.1. The highest BCUT2D eigenvalue weighted by Crippen LogP contribution is 2.26. The second-order valence-corrected chi connectivity index (χ2v) is 19.6. The molecule has 0 aliphatic carbocycles. The molecule has 0 amide bonds. The molecule has 0 atom stereocenters. The fourth-order valence-corrected chi connectivity index (χ4v) is 9.30. The van der Waals surface area contributed by atoms with Gasteiger partial charge in [-0.25, -0.2) is 16.8 Å². The molecule has 0 saturated carbocycles. The van der Waals surface area contributed by atoms with Crippen LogP contribution >= 0.6 is 0 Å². The summed E-state index contributed by atoms with van der Waals surface area (Å²) in [5.41, 5.74) is 2.59. The van der Waals surface area contributed by atoms with Gasteiger partial charge in [-0.15, -0.1) is 0 Å². The number of hydrogen-bond acceptors (Lipinski definition) is 10. The maximum atomic E-state index is 12.7. The molecule has 4 aromatic carbocycles. The van der Waals surface area contributed by atoms with Crippen molar-refractivity contribution >= 4 is 42.4 Å². The highest BCUT2D eigenvalue weighted by Gasteiger charge is 2.15. The van der Waals surface area contributed by atoms with Crippen LogP contribution < -0.4 is 9.47 Å². The highest BCUT2D eigenvalue weighted by molar-refractivity contribution is 7.91. The summed E-state index contributed by atoms with van der Waals surface area (Å²) in [6.07, 6.45) is 19.0. The Hall–Kier alpha value is -4.42. The van der Waals surface area contributed by atoms with E-state index in [2.05, 4.69) is 34.3 Å². The number of unbranched alkanes of at least 4 members (excludes halogenated alkanes) is 15. The molecule has 10 nitrogen and oxygen atoms in total. The molecule has 0 fully saturated rings. The number of hydrogen-bond donors (Lipinski definition) is 0. The first kappa shape index (κ1) is 48.2. The van der Waals surface area contributed by atoms with Crippen molar-refractivity contribution in [1.29, 1.82) is 0 Å². The lowest BCUT2D eigenvalue weighted by Gasteiger charge is -2.07. The van der Waals surface area contributed by atoms with Crippen LogP contribution in [-0.4, -0.2) is 41.6 Å². The Labute approximate surface area is 360 Å². The first-order chi connectivity index (χ1) is 29.2. The average Bonchev–Trinajstić information content (AvgIpc) is 3.26. The van der Waals surface area contributed by atoms with Crippen molar-refractivity contribution in [2.75, 3.05) is 24.7 Å². The molecular weight excluding hydrogens is 793 g/mol. The summed E-state index contributed by atoms with van der Waals surface area (Å²) < 4.78 is 62.5. The normalized spacial score (nSPS) is 12.1. The van der Waals surface area contributed by atoms with Gasteiger partial charge in [0.1, 0.15) is 11.5 Å². The van der Waals surface area contributed by atoms with Crippen LogP contribution in [0, 0.1) is 0 Å². The standard InChI is InChI=1S/C48H66N4O6S2/c1-3-5-7-9-15-19-39-59(53,54)47-33-25-43(26-34-47)51-49-41-21-29-45(30-22-41)57-37-17-13-11-12-14-18-38-58-46-31-23-42(24-32-46)50-52-44-27-35-48(36-28-44)60(55,56)40-20-16-10-8-6-4-2/h21-36H,3-20,37-40H2,1-2H3. The molecule has 0 aliphatic rings. The van der Waals surface area contributed by atoms with Crippen LogP contribution in [0.15, 0.2) is 127 Å². The zero-order valence-electron chi connectivity index (χ0n) is 35.8. The molecule has 326 valence electrons. The molecular formula is C48H66N4O6S2. The van der Waals surface area contributed by atoms with Crippen molar-refractivity contribution in [3.63, 3.8) is 0 Å². The van der Waals surface area contributed by atoms with Gasteiger partial charge in [0.15, 0.2) is 19.7 Å². The smallest absolute Gasteiger partial charge is 0.178 e. The fraction of sp³-hybridized carbons (Fsp3) is 0.500. The Morgan fingerprint density at radius 1 is 0.350 bits per heavy atom. The fourth-order valence-electron chi connectivity index (χ4n) is 6.56. The molecule has 4 aromatic rings. The zero-order chi connectivity index (χ0) is 42.7. The van der Waals surface area contributed by atoms with E-state index in [1.54, 1.807) is 48.5 Å². The van der Waals surface area contributed by atoms with Crippen LogP contribution in [-0.2, 0) is 19.7 Å². The Bertz CT molecular complexity index is 1900. The summed E-state index contributed by atoms with van der Waals surface area (Å²) in [6, 6.07) is 28.2. The second kappa shape index (κ2) is 27.4. The molecule has 0 unspecified atom stereocenters. The Balaban J connectivity index is 1.02. The van der Waals surface area contributed by atoms with Crippen LogP contribution in [0.5, 0.6) is 11.5 Å². The molecule has 0 aliphatic heterocycles. The molecule has 0 radical (unpaired) electrons. The van der Waals surface area contributed by atoms with E-state index in [1.165, 1.54) is 38.5 Å². The predicted molar refractivity (Wildman–Crippen MR) is 244 cm³/mol. The van der Waals surface area contributed by atoms with E-state index >= 15 is 0 Å². The minimum atomic E-state index is -3.29. The minimum absolute atomic E-state index is 0.179. The van der Waals surface area contributed by atoms with E-state index in [9.17, 15) is 16.8 Å². The summed E-state index contributed by atoms with van der Waals surface area (Å²) in [5, 5.41) is 17.1. The number of sulfone groups is 2. The van der Waals surface area contributed by atoms with E-state index in [4.69, 9.17) is 9.47 Å². The van der Waals surface area contributed by atoms with Crippen molar-refractivity contribution in [2.45, 2.75) is 139 Å². The van der Waals surface area contributed by atoms with E-state index < -0.39 is 19.7 Å². The molecule has 0 N–H and O–H groups in total. The third-order valence-corrected chi connectivity index (χ3v) is 13.9. The van der Waals surface area contributed by atoms with Crippen LogP contribution in [0.25, 0.3) is 0 Å². The first-order valence-corrected chi connectivity index (χ1v) is 25.4. The van der Waals surface area contributed by atoms with Crippen LogP contribution in [0.4, 0.5) is 22.7 Å². The van der Waals surface area contributed by atoms with Crippen molar-refractivity contribution in [3.8, 4) is 11.5 Å². The molecule has 4 rings (SSSR count). The van der Waals surface area contributed by atoms with E-state index in [0.29, 0.717) is 58.6 Å². The first-order valence-electron chi connectivity index (χ1n) is 22.1. The van der Waals surface area contributed by atoms with Gasteiger partial charge < -0.3 is 9.47 Å². The van der Waals surface area contributed by atoms with E-state index in [1.807, 2.05) is 48.5 Å². The number of nitrogens with zero attached hydrogens (tertiary/aromatic N) is 4. The number of rotatable bonds is 31. The predicted octanol–water partition coefficient (Wildman–Crippen LogP) is 14.6. The Morgan fingerprint density at radius 3 is 0.933 bits per heavy atom.